The Kier molecular flexibility index (Phi) is 5.88. The maximum atomic E-state index is 9.41. The summed E-state index contributed by atoms with van der Waals surface area (Å²) in [6.07, 6.45) is 9.46. The van der Waals surface area contributed by atoms with E-state index in [0.29, 0.717) is 18.1 Å². The summed E-state index contributed by atoms with van der Waals surface area (Å²) in [5.74, 6) is 0.739. The largest absolute Gasteiger partial charge is 0.395 e. The number of rotatable bonds is 6. The number of nitrogens with one attached hydrogen (secondary N) is 1. The molecule has 20 heavy (non-hydrogen) atoms. The Bertz CT molecular complexity index is 287. The number of hydrogen-bond donors (Lipinski definition) is 2. The second-order valence-electron chi connectivity index (χ2n) is 7.56. The van der Waals surface area contributed by atoms with E-state index in [1.807, 2.05) is 0 Å². The van der Waals surface area contributed by atoms with Crippen LogP contribution in [0.25, 0.3) is 0 Å². The molecule has 2 aliphatic rings. The molecule has 2 saturated carbocycles. The second kappa shape index (κ2) is 7.24. The summed E-state index contributed by atoms with van der Waals surface area (Å²) in [6, 6.07) is 1.34. The number of nitrogens with zero attached hydrogens (tertiary/aromatic N) is 1. The van der Waals surface area contributed by atoms with Crippen LogP contribution in [0.5, 0.6) is 0 Å². The first kappa shape index (κ1) is 16.3. The zero-order valence-corrected chi connectivity index (χ0v) is 13.7. The number of hydrogen-bond acceptors (Lipinski definition) is 3. The van der Waals surface area contributed by atoms with Crippen molar-refractivity contribution in [2.45, 2.75) is 70.9 Å². The minimum Gasteiger partial charge on any atom is -0.395 e. The van der Waals surface area contributed by atoms with E-state index in [1.54, 1.807) is 0 Å². The van der Waals surface area contributed by atoms with Crippen molar-refractivity contribution in [2.75, 3.05) is 26.7 Å². The molecule has 0 aromatic carbocycles. The lowest BCUT2D eigenvalue weighted by Crippen LogP contribution is -2.47. The first-order chi connectivity index (χ1) is 9.58. The van der Waals surface area contributed by atoms with Crippen LogP contribution in [-0.4, -0.2) is 48.8 Å². The van der Waals surface area contributed by atoms with Gasteiger partial charge in [0.05, 0.1) is 6.61 Å². The van der Waals surface area contributed by atoms with Crippen LogP contribution in [0.1, 0.15) is 58.8 Å². The molecule has 0 saturated heterocycles. The van der Waals surface area contributed by atoms with Gasteiger partial charge in [0.15, 0.2) is 0 Å². The summed E-state index contributed by atoms with van der Waals surface area (Å²) < 4.78 is 0. The Morgan fingerprint density at radius 2 is 1.85 bits per heavy atom. The van der Waals surface area contributed by atoms with E-state index in [1.165, 1.54) is 51.5 Å². The van der Waals surface area contributed by atoms with Gasteiger partial charge in [0, 0.05) is 25.2 Å². The molecule has 0 amide bonds. The molecule has 2 rings (SSSR count). The zero-order chi connectivity index (χ0) is 14.6. The summed E-state index contributed by atoms with van der Waals surface area (Å²) >= 11 is 0. The highest BCUT2D eigenvalue weighted by Gasteiger charge is 2.41. The van der Waals surface area contributed by atoms with Crippen molar-refractivity contribution >= 4 is 0 Å². The van der Waals surface area contributed by atoms with E-state index >= 15 is 0 Å². The van der Waals surface area contributed by atoms with Crippen LogP contribution in [-0.2, 0) is 0 Å². The Morgan fingerprint density at radius 3 is 2.45 bits per heavy atom. The highest BCUT2D eigenvalue weighted by Crippen LogP contribution is 2.41. The molecule has 0 spiro atoms. The van der Waals surface area contributed by atoms with Gasteiger partial charge >= 0.3 is 0 Å². The van der Waals surface area contributed by atoms with Gasteiger partial charge in [-0.05, 0) is 44.1 Å². The quantitative estimate of drug-likeness (QED) is 0.786. The van der Waals surface area contributed by atoms with Crippen LogP contribution < -0.4 is 5.32 Å². The van der Waals surface area contributed by atoms with Crippen molar-refractivity contribution in [1.29, 1.82) is 0 Å². The lowest BCUT2D eigenvalue weighted by Gasteiger charge is -2.38. The molecule has 118 valence electrons. The van der Waals surface area contributed by atoms with Gasteiger partial charge in [-0.25, -0.2) is 0 Å². The first-order valence-corrected chi connectivity index (χ1v) is 8.60. The molecule has 2 unspecified atom stereocenters. The standard InChI is InChI=1S/C17H34N2O/c1-17(2)10-9-14(16(17)18-3)13-19(11-12-20)15-7-5-4-6-8-15/h14-16,18,20H,4-13H2,1-3H3. The van der Waals surface area contributed by atoms with E-state index in [4.69, 9.17) is 0 Å². The van der Waals surface area contributed by atoms with Crippen LogP contribution in [0.3, 0.4) is 0 Å². The molecular weight excluding hydrogens is 248 g/mol. The molecule has 0 radical (unpaired) electrons. The maximum absolute atomic E-state index is 9.41. The first-order valence-electron chi connectivity index (χ1n) is 8.60. The monoisotopic (exact) mass is 282 g/mol. The topological polar surface area (TPSA) is 35.5 Å². The van der Waals surface area contributed by atoms with Crippen LogP contribution in [0.4, 0.5) is 0 Å². The van der Waals surface area contributed by atoms with Crippen molar-refractivity contribution in [1.82, 2.24) is 10.2 Å². The van der Waals surface area contributed by atoms with Gasteiger partial charge in [0.1, 0.15) is 0 Å². The highest BCUT2D eigenvalue weighted by molar-refractivity contribution is 4.97. The SMILES string of the molecule is CNC1C(CN(CCO)C2CCCCC2)CCC1(C)C. The van der Waals surface area contributed by atoms with Crippen LogP contribution in [0.2, 0.25) is 0 Å². The fourth-order valence-corrected chi connectivity index (χ4v) is 4.64. The molecule has 2 atom stereocenters. The highest BCUT2D eigenvalue weighted by atomic mass is 16.3. The van der Waals surface area contributed by atoms with Crippen molar-refractivity contribution < 1.29 is 5.11 Å². The molecule has 3 heteroatoms. The van der Waals surface area contributed by atoms with E-state index in [0.717, 1.165) is 18.5 Å². The molecule has 2 aliphatic carbocycles. The van der Waals surface area contributed by atoms with Gasteiger partial charge in [-0.2, -0.15) is 0 Å². The normalized spacial score (nSPS) is 31.1. The fraction of sp³-hybridized carbons (Fsp3) is 1.00. The summed E-state index contributed by atoms with van der Waals surface area (Å²) in [4.78, 5) is 2.59. The lowest BCUT2D eigenvalue weighted by molar-refractivity contribution is 0.0963. The van der Waals surface area contributed by atoms with Crippen molar-refractivity contribution in [3.63, 3.8) is 0 Å². The van der Waals surface area contributed by atoms with Crippen molar-refractivity contribution in [3.8, 4) is 0 Å². The molecule has 0 bridgehead atoms. The third-order valence-electron chi connectivity index (χ3n) is 5.73. The molecule has 0 aromatic rings. The van der Waals surface area contributed by atoms with Crippen LogP contribution in [0.15, 0.2) is 0 Å². The molecule has 2 fully saturated rings. The van der Waals surface area contributed by atoms with E-state index in [9.17, 15) is 5.11 Å². The van der Waals surface area contributed by atoms with Crippen LogP contribution >= 0.6 is 0 Å². The third-order valence-corrected chi connectivity index (χ3v) is 5.73. The van der Waals surface area contributed by atoms with Gasteiger partial charge in [0.2, 0.25) is 0 Å². The molecule has 3 nitrogen and oxygen atoms in total. The fourth-order valence-electron chi connectivity index (χ4n) is 4.64. The van der Waals surface area contributed by atoms with Gasteiger partial charge in [-0.1, -0.05) is 33.1 Å². The Labute approximate surface area is 125 Å². The van der Waals surface area contributed by atoms with Gasteiger partial charge < -0.3 is 10.4 Å². The lowest BCUT2D eigenvalue weighted by atomic mass is 9.84. The second-order valence-corrected chi connectivity index (χ2v) is 7.56. The van der Waals surface area contributed by atoms with Crippen molar-refractivity contribution in [2.24, 2.45) is 11.3 Å². The minimum atomic E-state index is 0.302. The summed E-state index contributed by atoms with van der Waals surface area (Å²) in [6.45, 7) is 7.12. The predicted molar refractivity (Wildman–Crippen MR) is 84.9 cm³/mol. The average molecular weight is 282 g/mol. The Morgan fingerprint density at radius 1 is 1.15 bits per heavy atom. The number of aliphatic hydroxyl groups excluding tert-OH is 1. The summed E-state index contributed by atoms with van der Waals surface area (Å²) in [5.41, 5.74) is 0.414. The van der Waals surface area contributed by atoms with Gasteiger partial charge in [-0.3, -0.25) is 4.90 Å². The zero-order valence-electron chi connectivity index (χ0n) is 13.7. The molecular formula is C17H34N2O. The van der Waals surface area contributed by atoms with E-state index in [2.05, 4.69) is 31.1 Å². The summed E-state index contributed by atoms with van der Waals surface area (Å²) in [5, 5.41) is 13.0. The Balaban J connectivity index is 1.96. The van der Waals surface area contributed by atoms with Crippen LogP contribution in [0, 0.1) is 11.3 Å². The third kappa shape index (κ3) is 3.75. The summed E-state index contributed by atoms with van der Waals surface area (Å²) in [7, 11) is 2.11. The van der Waals surface area contributed by atoms with E-state index < -0.39 is 0 Å². The molecule has 0 heterocycles. The van der Waals surface area contributed by atoms with Gasteiger partial charge in [-0.15, -0.1) is 0 Å². The minimum absolute atomic E-state index is 0.302. The molecule has 2 N–H and O–H groups in total. The predicted octanol–water partition coefficient (Wildman–Crippen LogP) is 2.64. The smallest absolute Gasteiger partial charge is 0.0558 e. The number of aliphatic hydroxyl groups is 1. The van der Waals surface area contributed by atoms with Gasteiger partial charge in [0.25, 0.3) is 0 Å². The molecule has 0 aliphatic heterocycles. The maximum Gasteiger partial charge on any atom is 0.0558 e. The Hall–Kier alpha value is -0.120. The van der Waals surface area contributed by atoms with Crippen molar-refractivity contribution in [3.05, 3.63) is 0 Å². The average Bonchev–Trinajstić information content (AvgIpc) is 2.73. The molecule has 0 aromatic heterocycles. The van der Waals surface area contributed by atoms with E-state index in [-0.39, 0.29) is 0 Å².